The maximum absolute atomic E-state index is 12.4. The second kappa shape index (κ2) is 10.2. The molecular weight excluding hydrogens is 407 g/mol. The first-order valence-corrected chi connectivity index (χ1v) is 11.3. The van der Waals surface area contributed by atoms with Crippen LogP contribution in [0.5, 0.6) is 0 Å². The van der Waals surface area contributed by atoms with E-state index in [1.807, 2.05) is 13.8 Å². The summed E-state index contributed by atoms with van der Waals surface area (Å²) < 4.78 is 44.0. The van der Waals surface area contributed by atoms with Crippen LogP contribution in [0.2, 0.25) is 0 Å². The van der Waals surface area contributed by atoms with Gasteiger partial charge in [0.25, 0.3) is 0 Å². The predicted molar refractivity (Wildman–Crippen MR) is 99.0 cm³/mol. The summed E-state index contributed by atoms with van der Waals surface area (Å²) in [7, 11) is -5.11. The molecule has 170 valence electrons. The van der Waals surface area contributed by atoms with Gasteiger partial charge in [0.2, 0.25) is 0 Å². The highest BCUT2D eigenvalue weighted by Gasteiger charge is 2.46. The molecule has 0 saturated carbocycles. The van der Waals surface area contributed by atoms with Gasteiger partial charge in [0.1, 0.15) is 18.3 Å². The summed E-state index contributed by atoms with van der Waals surface area (Å²) >= 11 is 0. The van der Waals surface area contributed by atoms with Gasteiger partial charge in [-0.3, -0.25) is 4.57 Å². The van der Waals surface area contributed by atoms with Crippen LogP contribution in [-0.2, 0) is 37.4 Å². The molecule has 11 heteroatoms. The zero-order valence-electron chi connectivity index (χ0n) is 17.7. The van der Waals surface area contributed by atoms with Gasteiger partial charge < -0.3 is 38.0 Å². The van der Waals surface area contributed by atoms with Crippen molar-refractivity contribution in [3.63, 3.8) is 0 Å². The van der Waals surface area contributed by atoms with Gasteiger partial charge in [-0.2, -0.15) is 0 Å². The minimum Gasteiger partial charge on any atom is -0.746 e. The average molecular weight is 439 g/mol. The number of rotatable bonds is 9. The van der Waals surface area contributed by atoms with E-state index in [4.69, 9.17) is 23.5 Å². The topological polar surface area (TPSA) is 133 Å². The van der Waals surface area contributed by atoms with Crippen LogP contribution in [-0.4, -0.2) is 72.6 Å². The average Bonchev–Trinajstić information content (AvgIpc) is 3.06. The summed E-state index contributed by atoms with van der Waals surface area (Å²) in [4.78, 5) is 24.8. The molecule has 0 aromatic carbocycles. The molecule has 2 unspecified atom stereocenters. The SMILES string of the molecule is CC(C)OC[C@H]1O[C@@H](C)C(O)[C@H]1OP(=O)([O-])OC(=O)[C@H]1O[C@@H](C)C[C@H]1OC(C)C. The maximum atomic E-state index is 12.4. The van der Waals surface area contributed by atoms with Gasteiger partial charge in [-0.05, 0) is 41.5 Å². The van der Waals surface area contributed by atoms with E-state index < -0.39 is 50.4 Å². The molecule has 2 heterocycles. The lowest BCUT2D eigenvalue weighted by Crippen LogP contribution is -2.39. The molecule has 8 atom stereocenters. The van der Waals surface area contributed by atoms with Gasteiger partial charge in [0.05, 0.1) is 37.1 Å². The maximum Gasteiger partial charge on any atom is 0.343 e. The Balaban J connectivity index is 2.01. The normalized spacial score (nSPS) is 37.2. The third kappa shape index (κ3) is 6.97. The number of phosphoric ester groups is 1. The lowest BCUT2D eigenvalue weighted by molar-refractivity contribution is -0.235. The Bertz CT molecular complexity index is 597. The molecule has 0 amide bonds. The summed E-state index contributed by atoms with van der Waals surface area (Å²) in [5.41, 5.74) is 0. The molecule has 10 nitrogen and oxygen atoms in total. The minimum atomic E-state index is -5.11. The number of carbonyl (C=O) groups excluding carboxylic acids is 1. The lowest BCUT2D eigenvalue weighted by atomic mass is 10.1. The number of carbonyl (C=O) groups is 1. The van der Waals surface area contributed by atoms with Crippen molar-refractivity contribution in [1.29, 1.82) is 0 Å². The molecule has 2 aliphatic heterocycles. The van der Waals surface area contributed by atoms with Crippen LogP contribution in [0.15, 0.2) is 0 Å². The molecule has 2 rings (SSSR count). The van der Waals surface area contributed by atoms with Crippen LogP contribution in [0.1, 0.15) is 48.0 Å². The third-order valence-corrected chi connectivity index (χ3v) is 5.49. The minimum absolute atomic E-state index is 0.0191. The molecule has 2 fully saturated rings. The predicted octanol–water partition coefficient (Wildman–Crippen LogP) is 0.927. The van der Waals surface area contributed by atoms with Crippen molar-refractivity contribution in [3.05, 3.63) is 0 Å². The van der Waals surface area contributed by atoms with E-state index in [9.17, 15) is 19.4 Å². The number of aliphatic hydroxyl groups is 1. The first kappa shape index (κ1) is 24.7. The van der Waals surface area contributed by atoms with Crippen molar-refractivity contribution in [2.45, 2.75) is 103 Å². The quantitative estimate of drug-likeness (QED) is 0.517. The molecule has 29 heavy (non-hydrogen) atoms. The van der Waals surface area contributed by atoms with Gasteiger partial charge in [0, 0.05) is 6.42 Å². The second-order valence-electron chi connectivity index (χ2n) is 8.01. The van der Waals surface area contributed by atoms with Crippen LogP contribution in [0.3, 0.4) is 0 Å². The second-order valence-corrected chi connectivity index (χ2v) is 9.29. The lowest BCUT2D eigenvalue weighted by Gasteiger charge is -2.30. The molecular formula is C18H32O10P-. The van der Waals surface area contributed by atoms with Crippen molar-refractivity contribution in [3.8, 4) is 0 Å². The zero-order valence-corrected chi connectivity index (χ0v) is 18.6. The van der Waals surface area contributed by atoms with Crippen molar-refractivity contribution >= 4 is 13.8 Å². The van der Waals surface area contributed by atoms with Crippen LogP contribution >= 0.6 is 7.82 Å². The largest absolute Gasteiger partial charge is 0.746 e. The summed E-state index contributed by atoms with van der Waals surface area (Å²) in [5.74, 6) is -1.12. The first-order valence-electron chi connectivity index (χ1n) is 9.88. The van der Waals surface area contributed by atoms with E-state index in [1.165, 1.54) is 0 Å². The fourth-order valence-corrected chi connectivity index (χ4v) is 4.26. The van der Waals surface area contributed by atoms with Gasteiger partial charge in [-0.1, -0.05) is 0 Å². The number of phosphoric acid groups is 1. The zero-order chi connectivity index (χ0) is 21.9. The summed E-state index contributed by atoms with van der Waals surface area (Å²) in [6.07, 6.45) is -5.93. The highest BCUT2D eigenvalue weighted by atomic mass is 31.2. The summed E-state index contributed by atoms with van der Waals surface area (Å²) in [6.45, 7) is 10.6. The Morgan fingerprint density at radius 2 is 1.86 bits per heavy atom. The van der Waals surface area contributed by atoms with E-state index in [2.05, 4.69) is 4.52 Å². The Morgan fingerprint density at radius 3 is 2.45 bits per heavy atom. The summed E-state index contributed by atoms with van der Waals surface area (Å²) in [6, 6.07) is 0. The van der Waals surface area contributed by atoms with Crippen LogP contribution in [0.4, 0.5) is 0 Å². The highest BCUT2D eigenvalue weighted by Crippen LogP contribution is 2.44. The van der Waals surface area contributed by atoms with E-state index in [0.29, 0.717) is 6.42 Å². The van der Waals surface area contributed by atoms with Gasteiger partial charge in [0.15, 0.2) is 6.10 Å². The van der Waals surface area contributed by atoms with Gasteiger partial charge in [-0.15, -0.1) is 0 Å². The Labute approximate surface area is 171 Å². The van der Waals surface area contributed by atoms with E-state index in [0.717, 1.165) is 0 Å². The number of ether oxygens (including phenoxy) is 4. The van der Waals surface area contributed by atoms with Crippen molar-refractivity contribution in [2.24, 2.45) is 0 Å². The van der Waals surface area contributed by atoms with Crippen molar-refractivity contribution in [1.82, 2.24) is 0 Å². The molecule has 2 aliphatic rings. The van der Waals surface area contributed by atoms with E-state index in [1.54, 1.807) is 27.7 Å². The van der Waals surface area contributed by atoms with Crippen LogP contribution in [0, 0.1) is 0 Å². The van der Waals surface area contributed by atoms with E-state index in [-0.39, 0.29) is 24.9 Å². The third-order valence-electron chi connectivity index (χ3n) is 4.58. The number of hydrogen-bond acceptors (Lipinski definition) is 10. The van der Waals surface area contributed by atoms with Crippen molar-refractivity contribution < 1.29 is 47.4 Å². The molecule has 0 bridgehead atoms. The fraction of sp³-hybridized carbons (Fsp3) is 0.944. The van der Waals surface area contributed by atoms with Crippen LogP contribution in [0.25, 0.3) is 0 Å². The molecule has 0 aromatic heterocycles. The molecule has 2 saturated heterocycles. The monoisotopic (exact) mass is 439 g/mol. The Kier molecular flexibility index (Phi) is 8.64. The highest BCUT2D eigenvalue weighted by molar-refractivity contribution is 7.46. The number of aliphatic hydroxyl groups excluding tert-OH is 1. The first-order chi connectivity index (χ1) is 13.4. The molecule has 0 aromatic rings. The molecule has 1 N–H and O–H groups in total. The molecule has 0 aliphatic carbocycles. The van der Waals surface area contributed by atoms with Crippen LogP contribution < -0.4 is 4.89 Å². The smallest absolute Gasteiger partial charge is 0.343 e. The Morgan fingerprint density at radius 1 is 1.21 bits per heavy atom. The number of hydrogen-bond donors (Lipinski definition) is 1. The van der Waals surface area contributed by atoms with E-state index >= 15 is 0 Å². The van der Waals surface area contributed by atoms with Gasteiger partial charge in [-0.25, -0.2) is 4.79 Å². The Hall–Kier alpha value is -0.580. The summed E-state index contributed by atoms with van der Waals surface area (Å²) in [5, 5.41) is 10.2. The fourth-order valence-electron chi connectivity index (χ4n) is 3.33. The standard InChI is InChI=1S/C18H33O10P/c1-9(2)23-8-14-16(15(19)12(6)26-14)27-29(21,22)28-18(20)17-13(24-10(3)4)7-11(5)25-17/h9-17,19H,7-8H2,1-6H3,(H,21,22)/p-1/t11-,12-,13+,14+,15?,16-,17-/m0/s1. The molecule has 0 spiro atoms. The van der Waals surface area contributed by atoms with Gasteiger partial charge >= 0.3 is 13.8 Å². The van der Waals surface area contributed by atoms with Crippen molar-refractivity contribution in [2.75, 3.05) is 6.61 Å². The molecule has 0 radical (unpaired) electrons.